The van der Waals surface area contributed by atoms with Gasteiger partial charge in [-0.25, -0.2) is 9.89 Å². The molecule has 0 unspecified atom stereocenters. The van der Waals surface area contributed by atoms with Crippen LogP contribution in [0, 0.1) is 4.77 Å². The summed E-state index contributed by atoms with van der Waals surface area (Å²) in [5.74, 6) is 0. The summed E-state index contributed by atoms with van der Waals surface area (Å²) in [6.45, 7) is 3.89. The van der Waals surface area contributed by atoms with Crippen molar-refractivity contribution in [3.63, 3.8) is 0 Å². The van der Waals surface area contributed by atoms with Crippen LogP contribution in [0.25, 0.3) is 0 Å². The number of nitrogens with zero attached hydrogens (tertiary/aromatic N) is 2. The van der Waals surface area contributed by atoms with Gasteiger partial charge >= 0.3 is 5.69 Å². The standard InChI is InChI=1S/C8H14N4OS/c13-7-9-10-8(14)12(7)6-5-11-3-1-2-4-11/h1-6H2,(H,9,13)(H,10,14). The number of nitrogens with one attached hydrogen (secondary N) is 2. The molecule has 2 N–H and O–H groups in total. The van der Waals surface area contributed by atoms with Gasteiger partial charge in [-0.05, 0) is 38.1 Å². The predicted octanol–water partition coefficient (Wildman–Crippen LogP) is 0.330. The minimum absolute atomic E-state index is 0.144. The summed E-state index contributed by atoms with van der Waals surface area (Å²) in [6.07, 6.45) is 2.55. The normalized spacial score (nSPS) is 17.7. The van der Waals surface area contributed by atoms with Crippen molar-refractivity contribution in [3.05, 3.63) is 15.3 Å². The number of hydrogen-bond acceptors (Lipinski definition) is 3. The Morgan fingerprint density at radius 3 is 2.50 bits per heavy atom. The summed E-state index contributed by atoms with van der Waals surface area (Å²) in [6, 6.07) is 0. The van der Waals surface area contributed by atoms with Gasteiger partial charge in [-0.15, -0.1) is 0 Å². The van der Waals surface area contributed by atoms with Crippen molar-refractivity contribution in [2.45, 2.75) is 19.4 Å². The predicted molar refractivity (Wildman–Crippen MR) is 55.9 cm³/mol. The van der Waals surface area contributed by atoms with Crippen LogP contribution in [0.4, 0.5) is 0 Å². The summed E-state index contributed by atoms with van der Waals surface area (Å²) in [4.78, 5) is 13.6. The molecule has 6 heteroatoms. The molecule has 1 aromatic heterocycles. The number of aromatic amines is 2. The van der Waals surface area contributed by atoms with Crippen LogP contribution >= 0.6 is 12.2 Å². The highest BCUT2D eigenvalue weighted by atomic mass is 32.1. The van der Waals surface area contributed by atoms with Gasteiger partial charge < -0.3 is 4.90 Å². The van der Waals surface area contributed by atoms with Crippen molar-refractivity contribution in [1.82, 2.24) is 19.7 Å². The number of likely N-dealkylation sites (tertiary alicyclic amines) is 1. The van der Waals surface area contributed by atoms with Crippen molar-refractivity contribution in [2.24, 2.45) is 0 Å². The van der Waals surface area contributed by atoms with Gasteiger partial charge in [-0.2, -0.15) is 0 Å². The van der Waals surface area contributed by atoms with Crippen molar-refractivity contribution in [2.75, 3.05) is 19.6 Å². The molecule has 5 nitrogen and oxygen atoms in total. The van der Waals surface area contributed by atoms with Crippen molar-refractivity contribution >= 4 is 12.2 Å². The fourth-order valence-electron chi connectivity index (χ4n) is 1.78. The average molecular weight is 214 g/mol. The Labute approximate surface area is 86.7 Å². The van der Waals surface area contributed by atoms with Gasteiger partial charge in [0.05, 0.1) is 0 Å². The summed E-state index contributed by atoms with van der Waals surface area (Å²) in [7, 11) is 0. The molecule has 14 heavy (non-hydrogen) atoms. The van der Waals surface area contributed by atoms with E-state index < -0.39 is 0 Å². The van der Waals surface area contributed by atoms with Crippen molar-refractivity contribution in [3.8, 4) is 0 Å². The lowest BCUT2D eigenvalue weighted by molar-refractivity contribution is 0.320. The summed E-state index contributed by atoms with van der Waals surface area (Å²) in [5.41, 5.74) is -0.144. The molecule has 2 heterocycles. The first kappa shape index (κ1) is 9.67. The van der Waals surface area contributed by atoms with E-state index in [9.17, 15) is 4.79 Å². The SMILES string of the molecule is O=c1[nH][nH]c(=S)n1CCN1CCCC1. The molecule has 0 bridgehead atoms. The number of H-pyrrole nitrogens is 2. The topological polar surface area (TPSA) is 56.8 Å². The monoisotopic (exact) mass is 214 g/mol. The van der Waals surface area contributed by atoms with Crippen LogP contribution in [0.15, 0.2) is 4.79 Å². The Bertz CT molecular complexity index is 370. The van der Waals surface area contributed by atoms with Gasteiger partial charge in [0.2, 0.25) is 0 Å². The minimum atomic E-state index is -0.144. The highest BCUT2D eigenvalue weighted by Gasteiger charge is 2.11. The second-order valence-corrected chi connectivity index (χ2v) is 3.95. The fourth-order valence-corrected chi connectivity index (χ4v) is 2.01. The zero-order valence-corrected chi connectivity index (χ0v) is 8.77. The Morgan fingerprint density at radius 1 is 1.21 bits per heavy atom. The molecule has 1 saturated heterocycles. The Hall–Kier alpha value is -0.880. The van der Waals surface area contributed by atoms with Crippen LogP contribution in [0.1, 0.15) is 12.8 Å². The first-order valence-electron chi connectivity index (χ1n) is 4.87. The molecular weight excluding hydrogens is 200 g/mol. The van der Waals surface area contributed by atoms with Crippen LogP contribution in [0.2, 0.25) is 0 Å². The van der Waals surface area contributed by atoms with E-state index in [-0.39, 0.29) is 5.69 Å². The lowest BCUT2D eigenvalue weighted by atomic mass is 10.4. The maximum atomic E-state index is 11.2. The highest BCUT2D eigenvalue weighted by Crippen LogP contribution is 2.06. The van der Waals surface area contributed by atoms with Crippen LogP contribution in [-0.4, -0.2) is 39.3 Å². The zero-order valence-electron chi connectivity index (χ0n) is 7.95. The Kier molecular flexibility index (Phi) is 2.83. The zero-order chi connectivity index (χ0) is 9.97. The van der Waals surface area contributed by atoms with E-state index in [0.29, 0.717) is 11.3 Å². The second kappa shape index (κ2) is 4.10. The first-order valence-corrected chi connectivity index (χ1v) is 5.28. The van der Waals surface area contributed by atoms with E-state index in [1.54, 1.807) is 4.57 Å². The molecule has 1 fully saturated rings. The van der Waals surface area contributed by atoms with E-state index in [0.717, 1.165) is 19.6 Å². The third kappa shape index (κ3) is 1.96. The first-order chi connectivity index (χ1) is 6.77. The second-order valence-electron chi connectivity index (χ2n) is 3.56. The molecule has 2 rings (SSSR count). The lowest BCUT2D eigenvalue weighted by Gasteiger charge is -2.13. The third-order valence-corrected chi connectivity index (χ3v) is 2.93. The van der Waals surface area contributed by atoms with Gasteiger partial charge in [0.15, 0.2) is 4.77 Å². The molecule has 0 spiro atoms. The quantitative estimate of drug-likeness (QED) is 0.713. The number of hydrogen-bond donors (Lipinski definition) is 2. The van der Waals surface area contributed by atoms with E-state index in [1.165, 1.54) is 12.8 Å². The fraction of sp³-hybridized carbons (Fsp3) is 0.750. The average Bonchev–Trinajstić information content (AvgIpc) is 2.76. The summed E-state index contributed by atoms with van der Waals surface area (Å²) < 4.78 is 2.04. The smallest absolute Gasteiger partial charge is 0.302 e. The van der Waals surface area contributed by atoms with Crippen molar-refractivity contribution < 1.29 is 0 Å². The molecule has 0 amide bonds. The van der Waals surface area contributed by atoms with E-state index >= 15 is 0 Å². The number of rotatable bonds is 3. The molecule has 78 valence electrons. The molecule has 1 aliphatic rings. The van der Waals surface area contributed by atoms with Gasteiger partial charge in [0.1, 0.15) is 0 Å². The number of aromatic nitrogens is 3. The van der Waals surface area contributed by atoms with Gasteiger partial charge in [0.25, 0.3) is 0 Å². The van der Waals surface area contributed by atoms with Gasteiger partial charge in [-0.1, -0.05) is 0 Å². The molecule has 1 aromatic rings. The molecule has 0 radical (unpaired) electrons. The van der Waals surface area contributed by atoms with Gasteiger partial charge in [0, 0.05) is 13.1 Å². The maximum Gasteiger partial charge on any atom is 0.342 e. The van der Waals surface area contributed by atoms with Gasteiger partial charge in [-0.3, -0.25) is 9.67 Å². The Morgan fingerprint density at radius 2 is 1.93 bits per heavy atom. The maximum absolute atomic E-state index is 11.2. The molecule has 0 atom stereocenters. The van der Waals surface area contributed by atoms with Crippen LogP contribution in [0.3, 0.4) is 0 Å². The minimum Gasteiger partial charge on any atom is -0.302 e. The summed E-state index contributed by atoms with van der Waals surface area (Å²) in [5, 5.41) is 5.11. The highest BCUT2D eigenvalue weighted by molar-refractivity contribution is 7.71. The molecule has 0 aliphatic carbocycles. The molecule has 0 aromatic carbocycles. The largest absolute Gasteiger partial charge is 0.342 e. The van der Waals surface area contributed by atoms with Crippen LogP contribution in [0.5, 0.6) is 0 Å². The summed E-state index contributed by atoms with van der Waals surface area (Å²) >= 11 is 4.97. The third-order valence-electron chi connectivity index (χ3n) is 2.61. The van der Waals surface area contributed by atoms with Crippen molar-refractivity contribution in [1.29, 1.82) is 0 Å². The molecule has 0 saturated carbocycles. The van der Waals surface area contributed by atoms with E-state index in [2.05, 4.69) is 15.1 Å². The molecular formula is C8H14N4OS. The van der Waals surface area contributed by atoms with E-state index in [4.69, 9.17) is 12.2 Å². The van der Waals surface area contributed by atoms with Crippen LogP contribution < -0.4 is 5.69 Å². The van der Waals surface area contributed by atoms with E-state index in [1.807, 2.05) is 0 Å². The Balaban J connectivity index is 1.97. The van der Waals surface area contributed by atoms with Crippen LogP contribution in [-0.2, 0) is 6.54 Å². The lowest BCUT2D eigenvalue weighted by Crippen LogP contribution is -2.28. The molecule has 1 aliphatic heterocycles.